The summed E-state index contributed by atoms with van der Waals surface area (Å²) >= 11 is 2.05. The van der Waals surface area contributed by atoms with Gasteiger partial charge in [0, 0.05) is 11.3 Å². The Morgan fingerprint density at radius 2 is 2.16 bits per heavy atom. The van der Waals surface area contributed by atoms with E-state index < -0.39 is 0 Å². The van der Waals surface area contributed by atoms with Crippen LogP contribution >= 0.6 is 11.8 Å². The number of furan rings is 1. The minimum atomic E-state index is 0.433. The van der Waals surface area contributed by atoms with E-state index in [4.69, 9.17) is 4.42 Å². The Morgan fingerprint density at radius 1 is 1.37 bits per heavy atom. The topological polar surface area (TPSA) is 25.2 Å². The average Bonchev–Trinajstić information content (AvgIpc) is 2.88. The summed E-state index contributed by atoms with van der Waals surface area (Å²) in [5.41, 5.74) is 0.433. The molecule has 1 aromatic rings. The maximum Gasteiger partial charge on any atom is 0.113 e. The van der Waals surface area contributed by atoms with E-state index in [9.17, 15) is 0 Å². The van der Waals surface area contributed by atoms with E-state index in [1.54, 1.807) is 6.26 Å². The molecule has 0 saturated heterocycles. The lowest BCUT2D eigenvalue weighted by atomic mass is 9.71. The molecule has 0 bridgehead atoms. The summed E-state index contributed by atoms with van der Waals surface area (Å²) in [7, 11) is 2.10. The second-order valence-corrected chi connectivity index (χ2v) is 7.93. The normalized spacial score (nSPS) is 28.5. The summed E-state index contributed by atoms with van der Waals surface area (Å²) in [6.07, 6.45) is 5.74. The van der Waals surface area contributed by atoms with Crippen molar-refractivity contribution in [3.05, 3.63) is 24.2 Å². The van der Waals surface area contributed by atoms with Crippen molar-refractivity contribution in [1.29, 1.82) is 0 Å². The zero-order valence-electron chi connectivity index (χ0n) is 12.6. The Hall–Kier alpha value is -0.410. The first kappa shape index (κ1) is 15.0. The minimum Gasteiger partial charge on any atom is -0.468 e. The smallest absolute Gasteiger partial charge is 0.113 e. The number of rotatable bonds is 4. The molecular weight excluding hydrogens is 254 g/mol. The minimum absolute atomic E-state index is 0.433. The van der Waals surface area contributed by atoms with Gasteiger partial charge >= 0.3 is 0 Å². The number of thioether (sulfide) groups is 1. The molecule has 1 aliphatic carbocycles. The first-order valence-electron chi connectivity index (χ1n) is 7.32. The fraction of sp³-hybridized carbons (Fsp3) is 0.750. The van der Waals surface area contributed by atoms with Gasteiger partial charge in [0.1, 0.15) is 5.76 Å². The summed E-state index contributed by atoms with van der Waals surface area (Å²) < 4.78 is 5.45. The molecule has 1 aliphatic rings. The van der Waals surface area contributed by atoms with Crippen molar-refractivity contribution in [2.75, 3.05) is 7.05 Å². The molecule has 3 atom stereocenters. The first-order valence-corrected chi connectivity index (χ1v) is 8.37. The van der Waals surface area contributed by atoms with E-state index >= 15 is 0 Å². The van der Waals surface area contributed by atoms with Crippen LogP contribution in [0.2, 0.25) is 0 Å². The average molecular weight is 281 g/mol. The lowest BCUT2D eigenvalue weighted by Crippen LogP contribution is -2.43. The number of nitrogens with one attached hydrogen (secondary N) is 1. The largest absolute Gasteiger partial charge is 0.468 e. The maximum absolute atomic E-state index is 5.45. The molecule has 0 aromatic carbocycles. The molecule has 3 heteroatoms. The molecular formula is C16H27NOS. The molecule has 1 fully saturated rings. The van der Waals surface area contributed by atoms with Gasteiger partial charge in [0.2, 0.25) is 0 Å². The third-order valence-electron chi connectivity index (χ3n) is 4.41. The number of hydrogen-bond donors (Lipinski definition) is 1. The number of hydrogen-bond acceptors (Lipinski definition) is 3. The highest BCUT2D eigenvalue weighted by molar-refractivity contribution is 7.99. The first-order chi connectivity index (χ1) is 9.00. The molecule has 108 valence electrons. The van der Waals surface area contributed by atoms with Crippen LogP contribution in [-0.4, -0.2) is 18.3 Å². The molecule has 0 spiro atoms. The highest BCUT2D eigenvalue weighted by Crippen LogP contribution is 2.42. The van der Waals surface area contributed by atoms with Gasteiger partial charge in [-0.2, -0.15) is 0 Å². The molecule has 1 saturated carbocycles. The second kappa shape index (κ2) is 6.36. The monoisotopic (exact) mass is 281 g/mol. The SMILES string of the molecule is CNC1CCC(C(C)(C)C)CC1SCc1ccco1. The molecule has 0 aliphatic heterocycles. The van der Waals surface area contributed by atoms with Crippen LogP contribution in [0.5, 0.6) is 0 Å². The lowest BCUT2D eigenvalue weighted by Gasteiger charge is -2.41. The fourth-order valence-electron chi connectivity index (χ4n) is 3.01. The van der Waals surface area contributed by atoms with Crippen LogP contribution in [0.25, 0.3) is 0 Å². The Balaban J connectivity index is 1.94. The highest BCUT2D eigenvalue weighted by Gasteiger charge is 2.35. The van der Waals surface area contributed by atoms with E-state index in [1.165, 1.54) is 19.3 Å². The van der Waals surface area contributed by atoms with Gasteiger partial charge < -0.3 is 9.73 Å². The standard InChI is InChI=1S/C16H27NOS/c1-16(2,3)12-7-8-14(17-4)15(10-12)19-11-13-6-5-9-18-13/h5-6,9,12,14-15,17H,7-8,10-11H2,1-4H3. The molecule has 1 N–H and O–H groups in total. The van der Waals surface area contributed by atoms with Gasteiger partial charge in [-0.3, -0.25) is 0 Å². The van der Waals surface area contributed by atoms with Crippen LogP contribution in [0.3, 0.4) is 0 Å². The predicted molar refractivity (Wildman–Crippen MR) is 83.4 cm³/mol. The zero-order chi connectivity index (χ0) is 13.9. The maximum atomic E-state index is 5.45. The second-order valence-electron chi connectivity index (χ2n) is 6.70. The van der Waals surface area contributed by atoms with Crippen molar-refractivity contribution in [2.45, 2.75) is 57.1 Å². The van der Waals surface area contributed by atoms with E-state index in [0.29, 0.717) is 16.7 Å². The summed E-state index contributed by atoms with van der Waals surface area (Å²) in [5.74, 6) is 2.93. The Labute approximate surface area is 121 Å². The summed E-state index contributed by atoms with van der Waals surface area (Å²) in [5, 5.41) is 4.21. The van der Waals surface area contributed by atoms with Gasteiger partial charge in [-0.15, -0.1) is 11.8 Å². The van der Waals surface area contributed by atoms with E-state index in [0.717, 1.165) is 17.4 Å². The molecule has 2 rings (SSSR count). The van der Waals surface area contributed by atoms with Crippen LogP contribution in [-0.2, 0) is 5.75 Å². The van der Waals surface area contributed by atoms with Crippen LogP contribution in [0.15, 0.2) is 22.8 Å². The predicted octanol–water partition coefficient (Wildman–Crippen LogP) is 4.32. The van der Waals surface area contributed by atoms with E-state index in [1.807, 2.05) is 6.07 Å². The van der Waals surface area contributed by atoms with Crippen molar-refractivity contribution in [3.63, 3.8) is 0 Å². The van der Waals surface area contributed by atoms with E-state index in [2.05, 4.69) is 51.0 Å². The lowest BCUT2D eigenvalue weighted by molar-refractivity contribution is 0.167. The van der Waals surface area contributed by atoms with Gasteiger partial charge in [0.05, 0.1) is 12.0 Å². The summed E-state index contributed by atoms with van der Waals surface area (Å²) in [4.78, 5) is 0. The van der Waals surface area contributed by atoms with Crippen LogP contribution in [0, 0.1) is 11.3 Å². The van der Waals surface area contributed by atoms with Crippen molar-refractivity contribution in [3.8, 4) is 0 Å². The van der Waals surface area contributed by atoms with E-state index in [-0.39, 0.29) is 0 Å². The highest BCUT2D eigenvalue weighted by atomic mass is 32.2. The molecule has 19 heavy (non-hydrogen) atoms. The van der Waals surface area contributed by atoms with Crippen molar-refractivity contribution in [1.82, 2.24) is 5.32 Å². The molecule has 2 nitrogen and oxygen atoms in total. The Kier molecular flexibility index (Phi) is 5.02. The van der Waals surface area contributed by atoms with Crippen LogP contribution in [0.1, 0.15) is 45.8 Å². The van der Waals surface area contributed by atoms with Gasteiger partial charge in [-0.25, -0.2) is 0 Å². The molecule has 1 aromatic heterocycles. The fourth-order valence-corrected chi connectivity index (χ4v) is 4.43. The van der Waals surface area contributed by atoms with Gasteiger partial charge in [0.15, 0.2) is 0 Å². The van der Waals surface area contributed by atoms with Crippen molar-refractivity contribution < 1.29 is 4.42 Å². The third-order valence-corrected chi connectivity index (χ3v) is 5.81. The quantitative estimate of drug-likeness (QED) is 0.890. The van der Waals surface area contributed by atoms with Crippen molar-refractivity contribution in [2.24, 2.45) is 11.3 Å². The van der Waals surface area contributed by atoms with Gasteiger partial charge in [0.25, 0.3) is 0 Å². The van der Waals surface area contributed by atoms with Crippen molar-refractivity contribution >= 4 is 11.8 Å². The third kappa shape index (κ3) is 4.03. The zero-order valence-corrected chi connectivity index (χ0v) is 13.4. The van der Waals surface area contributed by atoms with Gasteiger partial charge in [-0.05, 0) is 49.8 Å². The summed E-state index contributed by atoms with van der Waals surface area (Å²) in [6, 6.07) is 4.70. The Morgan fingerprint density at radius 3 is 2.74 bits per heavy atom. The molecule has 0 radical (unpaired) electrons. The van der Waals surface area contributed by atoms with Gasteiger partial charge in [-0.1, -0.05) is 20.8 Å². The molecule has 3 unspecified atom stereocenters. The van der Waals surface area contributed by atoms with Crippen LogP contribution < -0.4 is 5.32 Å². The molecule has 0 amide bonds. The summed E-state index contributed by atoms with van der Waals surface area (Å²) in [6.45, 7) is 7.14. The molecule has 1 heterocycles. The van der Waals surface area contributed by atoms with Crippen LogP contribution in [0.4, 0.5) is 0 Å². The Bertz CT molecular complexity index is 369.